The van der Waals surface area contributed by atoms with E-state index in [0.717, 1.165) is 40.3 Å². The van der Waals surface area contributed by atoms with Crippen LogP contribution in [0.2, 0.25) is 0 Å². The SMILES string of the molecule is CCCc1cnc2c(c1)nc(-c1ccncc1SC(C)(C)C)n2C. The number of thioether (sulfide) groups is 1. The molecule has 0 atom stereocenters. The van der Waals surface area contributed by atoms with Crippen LogP contribution in [0.15, 0.2) is 35.6 Å². The summed E-state index contributed by atoms with van der Waals surface area (Å²) in [5.41, 5.74) is 4.24. The Kier molecular flexibility index (Phi) is 4.63. The van der Waals surface area contributed by atoms with Crippen LogP contribution in [0.1, 0.15) is 39.7 Å². The molecule has 0 N–H and O–H groups in total. The highest BCUT2D eigenvalue weighted by Gasteiger charge is 2.19. The number of fused-ring (bicyclic) bond motifs is 1. The minimum atomic E-state index is 0.120. The second-order valence-electron chi connectivity index (χ2n) is 7.02. The Hall–Kier alpha value is -1.88. The minimum absolute atomic E-state index is 0.120. The van der Waals surface area contributed by atoms with Crippen molar-refractivity contribution >= 4 is 22.9 Å². The fraction of sp³-hybridized carbons (Fsp3) is 0.421. The molecule has 126 valence electrons. The van der Waals surface area contributed by atoms with Gasteiger partial charge in [-0.05, 0) is 24.1 Å². The summed E-state index contributed by atoms with van der Waals surface area (Å²) < 4.78 is 2.20. The topological polar surface area (TPSA) is 43.6 Å². The van der Waals surface area contributed by atoms with Crippen LogP contribution < -0.4 is 0 Å². The molecular formula is C19H24N4S. The highest BCUT2D eigenvalue weighted by Crippen LogP contribution is 2.38. The van der Waals surface area contributed by atoms with Gasteiger partial charge in [0, 0.05) is 40.8 Å². The number of hydrogen-bond acceptors (Lipinski definition) is 4. The number of rotatable bonds is 4. The quantitative estimate of drug-likeness (QED) is 0.635. The number of hydrogen-bond donors (Lipinski definition) is 0. The van der Waals surface area contributed by atoms with E-state index in [1.54, 1.807) is 0 Å². The van der Waals surface area contributed by atoms with Gasteiger partial charge in [-0.15, -0.1) is 11.8 Å². The molecule has 0 aliphatic heterocycles. The molecule has 3 aromatic heterocycles. The zero-order valence-corrected chi connectivity index (χ0v) is 15.8. The van der Waals surface area contributed by atoms with E-state index in [-0.39, 0.29) is 4.75 Å². The fourth-order valence-corrected chi connectivity index (χ4v) is 3.80. The van der Waals surface area contributed by atoms with Crippen molar-refractivity contribution in [3.05, 3.63) is 36.3 Å². The van der Waals surface area contributed by atoms with E-state index in [2.05, 4.69) is 48.3 Å². The number of aryl methyl sites for hydroxylation is 2. The van der Waals surface area contributed by atoms with Crippen LogP contribution in [-0.4, -0.2) is 24.3 Å². The Morgan fingerprint density at radius 3 is 2.71 bits per heavy atom. The second kappa shape index (κ2) is 6.55. The first kappa shape index (κ1) is 17.0. The fourth-order valence-electron chi connectivity index (χ4n) is 2.76. The Bertz CT molecular complexity index is 861. The molecule has 0 unspecified atom stereocenters. The highest BCUT2D eigenvalue weighted by molar-refractivity contribution is 8.00. The first-order valence-electron chi connectivity index (χ1n) is 8.34. The van der Waals surface area contributed by atoms with E-state index in [0.29, 0.717) is 0 Å². The molecule has 0 aromatic carbocycles. The van der Waals surface area contributed by atoms with E-state index in [4.69, 9.17) is 4.98 Å². The van der Waals surface area contributed by atoms with Gasteiger partial charge >= 0.3 is 0 Å². The molecule has 0 radical (unpaired) electrons. The third-order valence-electron chi connectivity index (χ3n) is 3.75. The summed E-state index contributed by atoms with van der Waals surface area (Å²) in [6.45, 7) is 8.81. The summed E-state index contributed by atoms with van der Waals surface area (Å²) in [5, 5.41) is 0. The van der Waals surface area contributed by atoms with Gasteiger partial charge in [0.1, 0.15) is 11.3 Å². The lowest BCUT2D eigenvalue weighted by Gasteiger charge is -2.19. The van der Waals surface area contributed by atoms with E-state index in [1.165, 1.54) is 5.56 Å². The van der Waals surface area contributed by atoms with Crippen LogP contribution >= 0.6 is 11.8 Å². The smallest absolute Gasteiger partial charge is 0.160 e. The van der Waals surface area contributed by atoms with Crippen molar-refractivity contribution in [1.82, 2.24) is 19.5 Å². The van der Waals surface area contributed by atoms with E-state index >= 15 is 0 Å². The first-order chi connectivity index (χ1) is 11.4. The maximum atomic E-state index is 4.88. The van der Waals surface area contributed by atoms with Gasteiger partial charge in [0.15, 0.2) is 5.65 Å². The molecule has 3 heterocycles. The average molecular weight is 340 g/mol. The summed E-state index contributed by atoms with van der Waals surface area (Å²) in [6, 6.07) is 4.20. The molecule has 24 heavy (non-hydrogen) atoms. The largest absolute Gasteiger partial charge is 0.312 e. The number of nitrogens with zero attached hydrogens (tertiary/aromatic N) is 4. The number of aromatic nitrogens is 4. The van der Waals surface area contributed by atoms with Gasteiger partial charge in [-0.2, -0.15) is 0 Å². The molecule has 0 fully saturated rings. The van der Waals surface area contributed by atoms with Gasteiger partial charge in [-0.25, -0.2) is 9.97 Å². The van der Waals surface area contributed by atoms with Crippen molar-refractivity contribution in [2.24, 2.45) is 7.05 Å². The summed E-state index contributed by atoms with van der Waals surface area (Å²) in [7, 11) is 2.03. The molecule has 5 heteroatoms. The van der Waals surface area contributed by atoms with Crippen LogP contribution in [0, 0.1) is 0 Å². The summed E-state index contributed by atoms with van der Waals surface area (Å²) >= 11 is 1.82. The highest BCUT2D eigenvalue weighted by atomic mass is 32.2. The third-order valence-corrected chi connectivity index (χ3v) is 4.90. The number of pyridine rings is 2. The van der Waals surface area contributed by atoms with Gasteiger partial charge in [0.2, 0.25) is 0 Å². The van der Waals surface area contributed by atoms with E-state index in [1.807, 2.05) is 43.5 Å². The predicted octanol–water partition coefficient (Wildman–Crippen LogP) is 4.87. The zero-order valence-electron chi connectivity index (χ0n) is 15.0. The van der Waals surface area contributed by atoms with Crippen LogP contribution in [0.4, 0.5) is 0 Å². The molecule has 0 aliphatic carbocycles. The molecule has 0 amide bonds. The van der Waals surface area contributed by atoms with Crippen LogP contribution in [-0.2, 0) is 13.5 Å². The van der Waals surface area contributed by atoms with Gasteiger partial charge < -0.3 is 4.57 Å². The van der Waals surface area contributed by atoms with Gasteiger partial charge in [0.05, 0.1) is 0 Å². The molecule has 0 saturated heterocycles. The van der Waals surface area contributed by atoms with Gasteiger partial charge in [-0.3, -0.25) is 4.98 Å². The zero-order chi connectivity index (χ0) is 17.3. The number of imidazole rings is 1. The van der Waals surface area contributed by atoms with E-state index in [9.17, 15) is 0 Å². The molecular weight excluding hydrogens is 316 g/mol. The molecule has 0 spiro atoms. The van der Waals surface area contributed by atoms with Gasteiger partial charge in [-0.1, -0.05) is 34.1 Å². The van der Waals surface area contributed by atoms with Crippen molar-refractivity contribution in [2.75, 3.05) is 0 Å². The molecule has 4 nitrogen and oxygen atoms in total. The van der Waals surface area contributed by atoms with Crippen molar-refractivity contribution < 1.29 is 0 Å². The van der Waals surface area contributed by atoms with Crippen molar-refractivity contribution in [3.8, 4) is 11.4 Å². The molecule has 0 aliphatic rings. The Morgan fingerprint density at radius 1 is 1.21 bits per heavy atom. The monoisotopic (exact) mass is 340 g/mol. The second-order valence-corrected chi connectivity index (χ2v) is 8.89. The average Bonchev–Trinajstić information content (AvgIpc) is 2.83. The lowest BCUT2D eigenvalue weighted by molar-refractivity contribution is 0.802. The molecule has 0 saturated carbocycles. The summed E-state index contributed by atoms with van der Waals surface area (Å²) in [6.07, 6.45) is 7.88. The van der Waals surface area contributed by atoms with Crippen LogP contribution in [0.3, 0.4) is 0 Å². The normalized spacial score (nSPS) is 12.0. The van der Waals surface area contributed by atoms with Crippen molar-refractivity contribution in [3.63, 3.8) is 0 Å². The Morgan fingerprint density at radius 2 is 2.00 bits per heavy atom. The van der Waals surface area contributed by atoms with Crippen LogP contribution in [0.5, 0.6) is 0 Å². The molecule has 0 bridgehead atoms. The Labute approximate surface area is 147 Å². The maximum Gasteiger partial charge on any atom is 0.160 e. The lowest BCUT2D eigenvalue weighted by atomic mass is 10.2. The third kappa shape index (κ3) is 3.46. The van der Waals surface area contributed by atoms with Gasteiger partial charge in [0.25, 0.3) is 0 Å². The van der Waals surface area contributed by atoms with Crippen LogP contribution in [0.25, 0.3) is 22.6 Å². The predicted molar refractivity (Wildman–Crippen MR) is 101 cm³/mol. The summed E-state index contributed by atoms with van der Waals surface area (Å²) in [5.74, 6) is 0.945. The molecule has 3 rings (SSSR count). The van der Waals surface area contributed by atoms with E-state index < -0.39 is 0 Å². The van der Waals surface area contributed by atoms with Crippen molar-refractivity contribution in [2.45, 2.75) is 50.2 Å². The Balaban J connectivity index is 2.11. The molecule has 3 aromatic rings. The maximum absolute atomic E-state index is 4.88. The van der Waals surface area contributed by atoms with Crippen molar-refractivity contribution in [1.29, 1.82) is 0 Å². The minimum Gasteiger partial charge on any atom is -0.312 e. The standard InChI is InChI=1S/C19H24N4S/c1-6-7-13-10-15-18(21-11-13)23(5)17(22-15)14-8-9-20-12-16(14)24-19(2,3)4/h8-12H,6-7H2,1-5H3. The first-order valence-corrected chi connectivity index (χ1v) is 9.15. The summed E-state index contributed by atoms with van der Waals surface area (Å²) in [4.78, 5) is 15.0. The lowest BCUT2D eigenvalue weighted by Crippen LogP contribution is -2.07.